The second-order valence-corrected chi connectivity index (χ2v) is 9.56. The summed E-state index contributed by atoms with van der Waals surface area (Å²) in [7, 11) is 0. The summed E-state index contributed by atoms with van der Waals surface area (Å²) < 4.78 is 35.9. The molecule has 11 heteroatoms. The first-order valence-corrected chi connectivity index (χ1v) is 10.5. The van der Waals surface area contributed by atoms with Gasteiger partial charge in [0.25, 0.3) is 5.91 Å². The van der Waals surface area contributed by atoms with Crippen LogP contribution in [0, 0.1) is 5.92 Å². The van der Waals surface area contributed by atoms with Gasteiger partial charge in [0.15, 0.2) is 0 Å². The van der Waals surface area contributed by atoms with Crippen LogP contribution in [0.15, 0.2) is 36.4 Å². The quantitative estimate of drug-likeness (QED) is 0.405. The number of nitrogens with one attached hydrogen (secondary N) is 2. The average molecular weight is 521 g/mol. The number of amides is 1. The fourth-order valence-corrected chi connectivity index (χ4v) is 4.75. The molecule has 1 fully saturated rings. The Kier molecular flexibility index (Phi) is 6.95. The van der Waals surface area contributed by atoms with Gasteiger partial charge in [0.05, 0.1) is 10.6 Å². The van der Waals surface area contributed by atoms with E-state index in [2.05, 4.69) is 5.32 Å². The predicted octanol–water partition coefficient (Wildman–Crippen LogP) is 6.94. The number of rotatable bonds is 6. The third kappa shape index (κ3) is 5.60. The molecule has 30 heavy (non-hydrogen) atoms. The summed E-state index contributed by atoms with van der Waals surface area (Å²) in [6.45, 7) is -1.11. The molecule has 0 bridgehead atoms. The van der Waals surface area contributed by atoms with Gasteiger partial charge >= 0.3 is 6.18 Å². The summed E-state index contributed by atoms with van der Waals surface area (Å²) in [5.41, 5.74) is 1.20. The Morgan fingerprint density at radius 3 is 2.27 bits per heavy atom. The van der Waals surface area contributed by atoms with Crippen LogP contribution in [0.3, 0.4) is 0 Å². The van der Waals surface area contributed by atoms with E-state index in [1.807, 2.05) is 0 Å². The highest BCUT2D eigenvalue weighted by Gasteiger charge is 2.63. The minimum atomic E-state index is -4.52. The Hall–Kier alpha value is -1.05. The van der Waals surface area contributed by atoms with Crippen molar-refractivity contribution in [2.24, 2.45) is 5.92 Å². The molecule has 0 heterocycles. The van der Waals surface area contributed by atoms with E-state index in [4.69, 9.17) is 58.0 Å². The van der Waals surface area contributed by atoms with E-state index in [1.54, 1.807) is 29.6 Å². The van der Waals surface area contributed by atoms with Gasteiger partial charge in [0, 0.05) is 34.1 Å². The summed E-state index contributed by atoms with van der Waals surface area (Å²) in [6.07, 6.45) is -4.52. The van der Waals surface area contributed by atoms with Crippen LogP contribution >= 0.6 is 58.0 Å². The molecule has 2 atom stereocenters. The van der Waals surface area contributed by atoms with Crippen LogP contribution in [0.2, 0.25) is 15.1 Å². The van der Waals surface area contributed by atoms with Crippen molar-refractivity contribution in [1.82, 2.24) is 5.32 Å². The monoisotopic (exact) mass is 518 g/mol. The number of hydrogen-bond acceptors (Lipinski definition) is 2. The SMILES string of the molecule is O=C(NCC(F)(F)F)c1cc(NCC2C(c3cc(Cl)cc(Cl)c3)C2(Cl)Cl)ccc1Cl. The summed E-state index contributed by atoms with van der Waals surface area (Å²) in [4.78, 5) is 12.0. The molecule has 2 unspecified atom stereocenters. The van der Waals surface area contributed by atoms with Crippen LogP contribution in [-0.4, -0.2) is 29.5 Å². The van der Waals surface area contributed by atoms with Crippen LogP contribution in [0.1, 0.15) is 21.8 Å². The lowest BCUT2D eigenvalue weighted by Crippen LogP contribution is -2.33. The highest BCUT2D eigenvalue weighted by Crippen LogP contribution is 2.65. The lowest BCUT2D eigenvalue weighted by Gasteiger charge is -2.12. The smallest absolute Gasteiger partial charge is 0.385 e. The molecule has 3 nitrogen and oxygen atoms in total. The number of carbonyl (C=O) groups is 1. The second-order valence-electron chi connectivity index (χ2n) is 6.83. The van der Waals surface area contributed by atoms with Gasteiger partial charge in [-0.15, -0.1) is 23.2 Å². The van der Waals surface area contributed by atoms with Crippen molar-refractivity contribution < 1.29 is 18.0 Å². The van der Waals surface area contributed by atoms with E-state index in [0.717, 1.165) is 5.56 Å². The van der Waals surface area contributed by atoms with E-state index in [0.29, 0.717) is 22.3 Å². The maximum Gasteiger partial charge on any atom is 0.405 e. The molecule has 0 saturated heterocycles. The molecular formula is C19H14Cl5F3N2O. The maximum absolute atomic E-state index is 12.3. The Morgan fingerprint density at radius 1 is 1.03 bits per heavy atom. The van der Waals surface area contributed by atoms with Crippen molar-refractivity contribution in [3.05, 3.63) is 62.6 Å². The topological polar surface area (TPSA) is 41.1 Å². The van der Waals surface area contributed by atoms with Crippen molar-refractivity contribution in [1.29, 1.82) is 0 Å². The standard InChI is InChI=1S/C19H14Cl5F3N2O/c20-10-3-9(4-11(21)5-10)16-14(19(16,23)24)7-28-12-1-2-15(22)13(6-12)17(30)29-8-18(25,26)27/h1-6,14,16,28H,7-8H2,(H,29,30). The first-order chi connectivity index (χ1) is 13.9. The zero-order chi connectivity index (χ0) is 22.3. The van der Waals surface area contributed by atoms with Gasteiger partial charge < -0.3 is 10.6 Å². The van der Waals surface area contributed by atoms with E-state index < -0.39 is 23.0 Å². The highest BCUT2D eigenvalue weighted by atomic mass is 35.5. The number of carbonyl (C=O) groups excluding carboxylic acids is 1. The summed E-state index contributed by atoms with van der Waals surface area (Å²) in [5.74, 6) is -1.33. The molecule has 2 aromatic rings. The van der Waals surface area contributed by atoms with Crippen molar-refractivity contribution in [2.75, 3.05) is 18.4 Å². The molecular weight excluding hydrogens is 506 g/mol. The first kappa shape index (κ1) is 23.6. The van der Waals surface area contributed by atoms with Gasteiger partial charge in [-0.25, -0.2) is 0 Å². The molecule has 162 valence electrons. The van der Waals surface area contributed by atoms with Crippen molar-refractivity contribution in [3.63, 3.8) is 0 Å². The molecule has 0 spiro atoms. The Labute approximate surface area is 195 Å². The molecule has 0 aliphatic heterocycles. The molecule has 1 saturated carbocycles. The van der Waals surface area contributed by atoms with Crippen LogP contribution in [0.4, 0.5) is 18.9 Å². The fraction of sp³-hybridized carbons (Fsp3) is 0.316. The second kappa shape index (κ2) is 8.83. The summed E-state index contributed by atoms with van der Waals surface area (Å²) in [6, 6.07) is 9.46. The lowest BCUT2D eigenvalue weighted by atomic mass is 10.1. The Morgan fingerprint density at radius 2 is 1.67 bits per heavy atom. The Balaban J connectivity index is 1.68. The number of hydrogen-bond donors (Lipinski definition) is 2. The predicted molar refractivity (Wildman–Crippen MR) is 115 cm³/mol. The average Bonchev–Trinajstić information content (AvgIpc) is 3.18. The zero-order valence-electron chi connectivity index (χ0n) is 15.0. The van der Waals surface area contributed by atoms with E-state index >= 15 is 0 Å². The number of halogens is 8. The first-order valence-electron chi connectivity index (χ1n) is 8.60. The van der Waals surface area contributed by atoms with Crippen molar-refractivity contribution in [3.8, 4) is 0 Å². The normalized spacial score (nSPS) is 20.0. The molecule has 2 aromatic carbocycles. The van der Waals surface area contributed by atoms with Gasteiger partial charge in [-0.2, -0.15) is 13.2 Å². The van der Waals surface area contributed by atoms with Crippen LogP contribution in [-0.2, 0) is 0 Å². The minimum Gasteiger partial charge on any atom is -0.385 e. The molecule has 2 N–H and O–H groups in total. The molecule has 0 radical (unpaired) electrons. The Bertz CT molecular complexity index is 947. The van der Waals surface area contributed by atoms with Crippen LogP contribution in [0.25, 0.3) is 0 Å². The molecule has 3 rings (SSSR count). The fourth-order valence-electron chi connectivity index (χ4n) is 3.17. The van der Waals surface area contributed by atoms with E-state index in [9.17, 15) is 18.0 Å². The zero-order valence-corrected chi connectivity index (χ0v) is 18.7. The summed E-state index contributed by atoms with van der Waals surface area (Å²) >= 11 is 30.9. The van der Waals surface area contributed by atoms with Crippen molar-refractivity contribution >= 4 is 69.6 Å². The van der Waals surface area contributed by atoms with E-state index in [-0.39, 0.29) is 22.4 Å². The molecule has 1 aliphatic carbocycles. The van der Waals surface area contributed by atoms with E-state index in [1.165, 1.54) is 12.1 Å². The maximum atomic E-state index is 12.3. The molecule has 1 aliphatic rings. The lowest BCUT2D eigenvalue weighted by molar-refractivity contribution is -0.123. The van der Waals surface area contributed by atoms with Crippen LogP contribution < -0.4 is 10.6 Å². The third-order valence-corrected chi connectivity index (χ3v) is 6.43. The van der Waals surface area contributed by atoms with Crippen LogP contribution in [0.5, 0.6) is 0 Å². The number of alkyl halides is 5. The van der Waals surface area contributed by atoms with Gasteiger partial charge in [0.2, 0.25) is 0 Å². The van der Waals surface area contributed by atoms with Gasteiger partial charge in [0.1, 0.15) is 10.9 Å². The van der Waals surface area contributed by atoms with Gasteiger partial charge in [-0.1, -0.05) is 34.8 Å². The minimum absolute atomic E-state index is 0.0297. The molecule has 1 amide bonds. The van der Waals surface area contributed by atoms with Gasteiger partial charge in [-0.05, 0) is 42.0 Å². The summed E-state index contributed by atoms with van der Waals surface area (Å²) in [5, 5.41) is 5.84. The highest BCUT2D eigenvalue weighted by molar-refractivity contribution is 6.52. The van der Waals surface area contributed by atoms with Gasteiger partial charge in [-0.3, -0.25) is 4.79 Å². The third-order valence-electron chi connectivity index (χ3n) is 4.63. The largest absolute Gasteiger partial charge is 0.405 e. The number of benzene rings is 2. The number of anilines is 1. The molecule has 0 aromatic heterocycles. The van der Waals surface area contributed by atoms with Crippen molar-refractivity contribution in [2.45, 2.75) is 16.4 Å².